The molecule has 1 N–H and O–H groups in total. The summed E-state index contributed by atoms with van der Waals surface area (Å²) in [6, 6.07) is 14.4. The molecule has 0 aliphatic rings. The maximum absolute atomic E-state index is 5.40. The van der Waals surface area contributed by atoms with Crippen molar-refractivity contribution in [2.45, 2.75) is 20.8 Å². The largest absolute Gasteiger partial charge is 0.361 e. The Morgan fingerprint density at radius 1 is 1.00 bits per heavy atom. The van der Waals surface area contributed by atoms with Crippen LogP contribution >= 0.6 is 12.2 Å². The van der Waals surface area contributed by atoms with Crippen molar-refractivity contribution in [3.05, 3.63) is 77.0 Å². The highest BCUT2D eigenvalue weighted by Gasteiger charge is 2.01. The normalized spacial score (nSPS) is 10.8. The summed E-state index contributed by atoms with van der Waals surface area (Å²) in [5, 5.41) is 3.34. The molecule has 0 amide bonds. The average molecular weight is 281 g/mol. The smallest absolute Gasteiger partial charge is 0.0463 e. The first kappa shape index (κ1) is 14.5. The number of aryl methyl sites for hydroxylation is 3. The second-order valence-corrected chi connectivity index (χ2v) is 5.42. The predicted molar refractivity (Wildman–Crippen MR) is 91.6 cm³/mol. The third-order valence-electron chi connectivity index (χ3n) is 3.20. The Bertz CT molecular complexity index is 619. The molecule has 0 bridgehead atoms. The van der Waals surface area contributed by atoms with Gasteiger partial charge in [-0.25, -0.2) is 0 Å². The molecule has 0 saturated carbocycles. The fourth-order valence-corrected chi connectivity index (χ4v) is 2.51. The summed E-state index contributed by atoms with van der Waals surface area (Å²) in [4.78, 5) is 0.834. The summed E-state index contributed by atoms with van der Waals surface area (Å²) in [5.74, 6) is 0. The summed E-state index contributed by atoms with van der Waals surface area (Å²) in [7, 11) is 0. The number of thiocarbonyl (C=S) groups is 1. The molecule has 0 atom stereocenters. The van der Waals surface area contributed by atoms with Gasteiger partial charge >= 0.3 is 0 Å². The lowest BCUT2D eigenvalue weighted by molar-refractivity contribution is 1.31. The summed E-state index contributed by atoms with van der Waals surface area (Å²) in [6.45, 7) is 6.35. The van der Waals surface area contributed by atoms with E-state index in [1.807, 2.05) is 42.6 Å². The van der Waals surface area contributed by atoms with Crippen molar-refractivity contribution < 1.29 is 0 Å². The van der Waals surface area contributed by atoms with Gasteiger partial charge in [0.1, 0.15) is 0 Å². The van der Waals surface area contributed by atoms with Gasteiger partial charge in [0.2, 0.25) is 0 Å². The molecule has 0 heterocycles. The number of hydrogen-bond acceptors (Lipinski definition) is 2. The van der Waals surface area contributed by atoms with Crippen LogP contribution in [-0.2, 0) is 0 Å². The van der Waals surface area contributed by atoms with Crippen molar-refractivity contribution >= 4 is 22.8 Å². The fraction of sp³-hybridized carbons (Fsp3) is 0.167. The zero-order valence-corrected chi connectivity index (χ0v) is 12.9. The summed E-state index contributed by atoms with van der Waals surface area (Å²) < 4.78 is 0. The highest BCUT2D eigenvalue weighted by atomic mass is 32.1. The quantitative estimate of drug-likeness (QED) is 0.483. The molecule has 2 heteroatoms. The lowest BCUT2D eigenvalue weighted by Gasteiger charge is -2.10. The number of anilines is 1. The molecule has 0 aliphatic carbocycles. The Morgan fingerprint density at radius 2 is 1.60 bits per heavy atom. The molecule has 0 fully saturated rings. The second-order valence-electron chi connectivity index (χ2n) is 4.98. The minimum atomic E-state index is 0.834. The third kappa shape index (κ3) is 3.55. The van der Waals surface area contributed by atoms with Gasteiger partial charge in [0.15, 0.2) is 0 Å². The number of benzene rings is 2. The van der Waals surface area contributed by atoms with Gasteiger partial charge < -0.3 is 5.32 Å². The predicted octanol–water partition coefficient (Wildman–Crippen LogP) is 4.96. The van der Waals surface area contributed by atoms with E-state index in [4.69, 9.17) is 12.2 Å². The Labute approximate surface area is 126 Å². The zero-order valence-electron chi connectivity index (χ0n) is 12.1. The SMILES string of the molecule is Cc1cc(C)c(NC=CC(=S)c2ccccc2)c(C)c1. The van der Waals surface area contributed by atoms with E-state index in [1.165, 1.54) is 16.7 Å². The Balaban J connectivity index is 2.09. The lowest BCUT2D eigenvalue weighted by atomic mass is 10.1. The van der Waals surface area contributed by atoms with Gasteiger partial charge in [-0.05, 0) is 43.5 Å². The number of hydrogen-bond donors (Lipinski definition) is 1. The Morgan fingerprint density at radius 3 is 2.20 bits per heavy atom. The van der Waals surface area contributed by atoms with Crippen molar-refractivity contribution in [2.24, 2.45) is 0 Å². The second kappa shape index (κ2) is 6.49. The summed E-state index contributed by atoms with van der Waals surface area (Å²) in [6.07, 6.45) is 3.85. The van der Waals surface area contributed by atoms with Crippen molar-refractivity contribution in [2.75, 3.05) is 5.32 Å². The van der Waals surface area contributed by atoms with E-state index in [2.05, 4.69) is 38.2 Å². The summed E-state index contributed by atoms with van der Waals surface area (Å²) in [5.41, 5.74) is 6.01. The summed E-state index contributed by atoms with van der Waals surface area (Å²) >= 11 is 5.40. The minimum absolute atomic E-state index is 0.834. The van der Waals surface area contributed by atoms with Gasteiger partial charge in [0.25, 0.3) is 0 Å². The molecule has 0 aliphatic heterocycles. The van der Waals surface area contributed by atoms with Gasteiger partial charge in [0, 0.05) is 16.8 Å². The minimum Gasteiger partial charge on any atom is -0.361 e. The van der Waals surface area contributed by atoms with Gasteiger partial charge in [-0.3, -0.25) is 0 Å². The molecule has 0 spiro atoms. The number of rotatable bonds is 4. The van der Waals surface area contributed by atoms with Crippen LogP contribution in [0.1, 0.15) is 22.3 Å². The van der Waals surface area contributed by atoms with E-state index in [-0.39, 0.29) is 0 Å². The van der Waals surface area contributed by atoms with Gasteiger partial charge in [-0.1, -0.05) is 60.2 Å². The molecule has 2 rings (SSSR count). The molecular weight excluding hydrogens is 262 g/mol. The van der Waals surface area contributed by atoms with Crippen LogP contribution in [0.3, 0.4) is 0 Å². The maximum atomic E-state index is 5.40. The van der Waals surface area contributed by atoms with Crippen molar-refractivity contribution in [1.82, 2.24) is 0 Å². The van der Waals surface area contributed by atoms with E-state index >= 15 is 0 Å². The van der Waals surface area contributed by atoms with E-state index in [0.717, 1.165) is 16.1 Å². The van der Waals surface area contributed by atoms with Crippen LogP contribution in [-0.4, -0.2) is 4.86 Å². The Kier molecular flexibility index (Phi) is 4.70. The zero-order chi connectivity index (χ0) is 14.5. The third-order valence-corrected chi connectivity index (χ3v) is 3.57. The lowest BCUT2D eigenvalue weighted by Crippen LogP contribution is -1.98. The van der Waals surface area contributed by atoms with Crippen LogP contribution in [0.2, 0.25) is 0 Å². The van der Waals surface area contributed by atoms with Crippen LogP contribution in [0.15, 0.2) is 54.7 Å². The molecule has 0 unspecified atom stereocenters. The van der Waals surface area contributed by atoms with E-state index < -0.39 is 0 Å². The van der Waals surface area contributed by atoms with Crippen molar-refractivity contribution in [3.63, 3.8) is 0 Å². The van der Waals surface area contributed by atoms with Crippen molar-refractivity contribution in [1.29, 1.82) is 0 Å². The van der Waals surface area contributed by atoms with Crippen molar-refractivity contribution in [3.8, 4) is 0 Å². The van der Waals surface area contributed by atoms with E-state index in [9.17, 15) is 0 Å². The van der Waals surface area contributed by atoms with Crippen LogP contribution in [0.25, 0.3) is 0 Å². The van der Waals surface area contributed by atoms with E-state index in [0.29, 0.717) is 0 Å². The first-order valence-corrected chi connectivity index (χ1v) is 7.09. The highest BCUT2D eigenvalue weighted by molar-refractivity contribution is 7.81. The molecule has 1 nitrogen and oxygen atoms in total. The molecule has 2 aromatic rings. The molecule has 2 aromatic carbocycles. The van der Waals surface area contributed by atoms with E-state index in [1.54, 1.807) is 0 Å². The molecule has 0 radical (unpaired) electrons. The molecular formula is C18H19NS. The van der Waals surface area contributed by atoms with Crippen LogP contribution in [0.5, 0.6) is 0 Å². The standard InChI is InChI=1S/C18H19NS/c1-13-11-14(2)18(15(3)12-13)19-10-9-17(20)16-7-5-4-6-8-16/h4-12,19H,1-3H3. The van der Waals surface area contributed by atoms with Gasteiger partial charge in [-0.15, -0.1) is 0 Å². The average Bonchev–Trinajstić information content (AvgIpc) is 2.42. The van der Waals surface area contributed by atoms with Crippen LogP contribution < -0.4 is 5.32 Å². The van der Waals surface area contributed by atoms with Gasteiger partial charge in [-0.2, -0.15) is 0 Å². The van der Waals surface area contributed by atoms with Crippen LogP contribution in [0, 0.1) is 20.8 Å². The first-order chi connectivity index (χ1) is 9.58. The molecule has 20 heavy (non-hydrogen) atoms. The maximum Gasteiger partial charge on any atom is 0.0463 e. The first-order valence-electron chi connectivity index (χ1n) is 6.68. The Hall–Kier alpha value is -1.93. The molecule has 0 aromatic heterocycles. The number of nitrogens with one attached hydrogen (secondary N) is 1. The van der Waals surface area contributed by atoms with Crippen LogP contribution in [0.4, 0.5) is 5.69 Å². The topological polar surface area (TPSA) is 12.0 Å². The molecule has 102 valence electrons. The fourth-order valence-electron chi connectivity index (χ4n) is 2.31. The highest BCUT2D eigenvalue weighted by Crippen LogP contribution is 2.21. The number of allylic oxidation sites excluding steroid dienone is 1. The monoisotopic (exact) mass is 281 g/mol. The van der Waals surface area contributed by atoms with Gasteiger partial charge in [0.05, 0.1) is 0 Å². The molecule has 0 saturated heterocycles.